The Morgan fingerprint density at radius 3 is 2.14 bits per heavy atom. The Bertz CT molecular complexity index is 411. The summed E-state index contributed by atoms with van der Waals surface area (Å²) in [5.41, 5.74) is 0.0582. The van der Waals surface area contributed by atoms with Gasteiger partial charge in [-0.3, -0.25) is 9.59 Å². The molecule has 0 heterocycles. The third-order valence-electron chi connectivity index (χ3n) is 6.15. The average Bonchev–Trinajstić information content (AvgIpc) is 2.52. The summed E-state index contributed by atoms with van der Waals surface area (Å²) in [4.78, 5) is 23.5. The van der Waals surface area contributed by atoms with Gasteiger partial charge in [0.25, 0.3) is 0 Å². The normalized spacial score (nSPS) is 33.8. The lowest BCUT2D eigenvalue weighted by molar-refractivity contribution is -0.148. The summed E-state index contributed by atoms with van der Waals surface area (Å²) in [6.45, 7) is 4.32. The molecule has 0 aromatic rings. The monoisotopic (exact) mass is 311 g/mol. The number of nitrogens with one attached hydrogen (secondary N) is 1. The van der Waals surface area contributed by atoms with E-state index in [9.17, 15) is 9.59 Å². The number of methoxy groups -OCH3 is 1. The van der Waals surface area contributed by atoms with Crippen LogP contribution in [0.25, 0.3) is 0 Å². The number of aliphatic carboxylic acids is 1. The Labute approximate surface area is 132 Å². The van der Waals surface area contributed by atoms with E-state index in [0.29, 0.717) is 25.7 Å². The minimum Gasteiger partial charge on any atom is -0.481 e. The van der Waals surface area contributed by atoms with Gasteiger partial charge in [0, 0.05) is 24.5 Å². The van der Waals surface area contributed by atoms with Crippen molar-refractivity contribution in [2.75, 3.05) is 7.11 Å². The summed E-state index contributed by atoms with van der Waals surface area (Å²) < 4.78 is 5.57. The summed E-state index contributed by atoms with van der Waals surface area (Å²) in [6.07, 6.45) is 5.72. The molecule has 0 aliphatic heterocycles. The van der Waals surface area contributed by atoms with Crippen LogP contribution in [-0.4, -0.2) is 36.2 Å². The van der Waals surface area contributed by atoms with Crippen molar-refractivity contribution >= 4 is 11.9 Å². The minimum absolute atomic E-state index is 0.0244. The molecule has 0 saturated heterocycles. The maximum atomic E-state index is 12.5. The van der Waals surface area contributed by atoms with E-state index in [2.05, 4.69) is 19.2 Å². The van der Waals surface area contributed by atoms with E-state index in [1.807, 2.05) is 0 Å². The van der Waals surface area contributed by atoms with Crippen LogP contribution in [0, 0.1) is 17.3 Å². The third-order valence-corrected chi connectivity index (χ3v) is 6.15. The lowest BCUT2D eigenvalue weighted by Gasteiger charge is -2.55. The summed E-state index contributed by atoms with van der Waals surface area (Å²) in [5.74, 6) is -0.911. The van der Waals surface area contributed by atoms with Crippen molar-refractivity contribution in [1.29, 1.82) is 0 Å². The number of hydrogen-bond acceptors (Lipinski definition) is 3. The summed E-state index contributed by atoms with van der Waals surface area (Å²) >= 11 is 0. The molecule has 2 N–H and O–H groups in total. The molecule has 5 heteroatoms. The van der Waals surface area contributed by atoms with Crippen molar-refractivity contribution in [1.82, 2.24) is 5.32 Å². The zero-order chi connectivity index (χ0) is 16.3. The van der Waals surface area contributed by atoms with Crippen molar-refractivity contribution in [2.45, 2.75) is 70.9 Å². The third kappa shape index (κ3) is 3.00. The van der Waals surface area contributed by atoms with Crippen LogP contribution < -0.4 is 5.32 Å². The van der Waals surface area contributed by atoms with Gasteiger partial charge in [0.15, 0.2) is 0 Å². The average molecular weight is 311 g/mol. The first-order chi connectivity index (χ1) is 10.5. The highest BCUT2D eigenvalue weighted by atomic mass is 16.5. The Kier molecular flexibility index (Phi) is 5.48. The number of carboxylic acids is 1. The molecular weight excluding hydrogens is 282 g/mol. The van der Waals surface area contributed by atoms with Crippen LogP contribution in [0.1, 0.15) is 58.8 Å². The molecule has 2 saturated carbocycles. The van der Waals surface area contributed by atoms with Gasteiger partial charge in [-0.1, -0.05) is 13.8 Å². The lowest BCUT2D eigenvalue weighted by Crippen LogP contribution is -2.64. The van der Waals surface area contributed by atoms with E-state index < -0.39 is 5.97 Å². The molecule has 126 valence electrons. The highest BCUT2D eigenvalue weighted by Gasteiger charge is 2.53. The van der Waals surface area contributed by atoms with E-state index in [0.717, 1.165) is 19.3 Å². The summed E-state index contributed by atoms with van der Waals surface area (Å²) in [6, 6.07) is 0.192. The predicted molar refractivity (Wildman–Crippen MR) is 83.4 cm³/mol. The standard InChI is InChI=1S/C17H29NO4/c1-4-17(5-2)13(10-14(17)22-3)18-15(19)11-6-8-12(9-7-11)16(20)21/h11-14H,4-10H2,1-3H3,(H,18,19)(H,20,21). The molecule has 2 unspecified atom stereocenters. The number of hydrogen-bond donors (Lipinski definition) is 2. The molecule has 0 aromatic heterocycles. The maximum Gasteiger partial charge on any atom is 0.306 e. The zero-order valence-electron chi connectivity index (χ0n) is 13.9. The predicted octanol–water partition coefficient (Wildman–Crippen LogP) is 2.59. The number of carboxylic acid groups (broad SMARTS) is 1. The van der Waals surface area contributed by atoms with Crippen LogP contribution in [0.5, 0.6) is 0 Å². The first-order valence-electron chi connectivity index (χ1n) is 8.54. The van der Waals surface area contributed by atoms with Gasteiger partial charge in [-0.05, 0) is 44.9 Å². The van der Waals surface area contributed by atoms with E-state index >= 15 is 0 Å². The van der Waals surface area contributed by atoms with Crippen LogP contribution in [0.3, 0.4) is 0 Å². The highest BCUT2D eigenvalue weighted by molar-refractivity contribution is 5.80. The molecule has 22 heavy (non-hydrogen) atoms. The molecular formula is C17H29NO4. The largest absolute Gasteiger partial charge is 0.481 e. The van der Waals surface area contributed by atoms with E-state index in [1.54, 1.807) is 7.11 Å². The molecule has 5 nitrogen and oxygen atoms in total. The van der Waals surface area contributed by atoms with Crippen LogP contribution >= 0.6 is 0 Å². The van der Waals surface area contributed by atoms with Gasteiger partial charge in [0.2, 0.25) is 5.91 Å². The van der Waals surface area contributed by atoms with Gasteiger partial charge in [0.05, 0.1) is 12.0 Å². The van der Waals surface area contributed by atoms with Crippen molar-refractivity contribution in [3.8, 4) is 0 Å². The second-order valence-corrected chi connectivity index (χ2v) is 6.85. The Morgan fingerprint density at radius 2 is 1.68 bits per heavy atom. The number of amides is 1. The second kappa shape index (κ2) is 6.99. The molecule has 2 fully saturated rings. The topological polar surface area (TPSA) is 75.6 Å². The number of ether oxygens (including phenoxy) is 1. The molecule has 2 rings (SSSR count). The van der Waals surface area contributed by atoms with Crippen molar-refractivity contribution < 1.29 is 19.4 Å². The first-order valence-corrected chi connectivity index (χ1v) is 8.54. The van der Waals surface area contributed by atoms with Crippen molar-refractivity contribution in [2.24, 2.45) is 17.3 Å². The van der Waals surface area contributed by atoms with Gasteiger partial charge < -0.3 is 15.2 Å². The molecule has 2 aliphatic carbocycles. The smallest absolute Gasteiger partial charge is 0.306 e. The van der Waals surface area contributed by atoms with E-state index in [1.165, 1.54) is 0 Å². The molecule has 0 spiro atoms. The molecule has 1 amide bonds. The fourth-order valence-electron chi connectivity index (χ4n) is 4.37. The molecule has 2 atom stereocenters. The van der Waals surface area contributed by atoms with Gasteiger partial charge in [0.1, 0.15) is 0 Å². The number of carbonyl (C=O) groups is 2. The van der Waals surface area contributed by atoms with Crippen LogP contribution in [-0.2, 0) is 14.3 Å². The van der Waals surface area contributed by atoms with Crippen LogP contribution in [0.4, 0.5) is 0 Å². The van der Waals surface area contributed by atoms with Gasteiger partial charge >= 0.3 is 5.97 Å². The minimum atomic E-state index is -0.725. The molecule has 2 aliphatic rings. The highest BCUT2D eigenvalue weighted by Crippen LogP contribution is 2.48. The fraction of sp³-hybridized carbons (Fsp3) is 0.882. The SMILES string of the molecule is CCC1(CC)C(NC(=O)C2CCC(C(=O)O)CC2)CC1OC. The first kappa shape index (κ1) is 17.3. The van der Waals surface area contributed by atoms with E-state index in [4.69, 9.17) is 9.84 Å². The second-order valence-electron chi connectivity index (χ2n) is 6.85. The molecule has 0 aromatic carbocycles. The zero-order valence-corrected chi connectivity index (χ0v) is 13.9. The Morgan fingerprint density at radius 1 is 1.14 bits per heavy atom. The van der Waals surface area contributed by atoms with Crippen molar-refractivity contribution in [3.05, 3.63) is 0 Å². The van der Waals surface area contributed by atoms with Crippen molar-refractivity contribution in [3.63, 3.8) is 0 Å². The van der Waals surface area contributed by atoms with Gasteiger partial charge in [-0.25, -0.2) is 0 Å². The summed E-state index contributed by atoms with van der Waals surface area (Å²) in [5, 5.41) is 12.3. The maximum absolute atomic E-state index is 12.5. The van der Waals surface area contributed by atoms with Gasteiger partial charge in [-0.2, -0.15) is 0 Å². The number of carbonyl (C=O) groups excluding carboxylic acids is 1. The molecule has 0 bridgehead atoms. The molecule has 0 radical (unpaired) electrons. The quantitative estimate of drug-likeness (QED) is 0.790. The Balaban J connectivity index is 1.89. The van der Waals surface area contributed by atoms with E-state index in [-0.39, 0.29) is 35.3 Å². The van der Waals surface area contributed by atoms with Crippen LogP contribution in [0.15, 0.2) is 0 Å². The van der Waals surface area contributed by atoms with Crippen LogP contribution in [0.2, 0.25) is 0 Å². The fourth-order valence-corrected chi connectivity index (χ4v) is 4.37. The van der Waals surface area contributed by atoms with Gasteiger partial charge in [-0.15, -0.1) is 0 Å². The number of rotatable bonds is 6. The summed E-state index contributed by atoms with van der Waals surface area (Å²) in [7, 11) is 1.75. The lowest BCUT2D eigenvalue weighted by atomic mass is 9.58. The Hall–Kier alpha value is -1.10.